The number of fused-ring (bicyclic) bond motifs is 1. The third-order valence-electron chi connectivity index (χ3n) is 5.58. The number of piperidine rings is 1. The number of para-hydroxylation sites is 3. The van der Waals surface area contributed by atoms with E-state index in [9.17, 15) is 9.59 Å². The molecule has 2 heterocycles. The molecule has 1 aromatic heterocycles. The lowest BCUT2D eigenvalue weighted by Gasteiger charge is -2.32. The Bertz CT molecular complexity index is 1030. The van der Waals surface area contributed by atoms with Crippen molar-refractivity contribution >= 4 is 28.7 Å². The fourth-order valence-electron chi connectivity index (χ4n) is 4.01. The highest BCUT2D eigenvalue weighted by molar-refractivity contribution is 5.90. The fraction of sp³-hybridized carbons (Fsp3) is 0.348. The van der Waals surface area contributed by atoms with E-state index < -0.39 is 0 Å². The van der Waals surface area contributed by atoms with Crippen LogP contribution in [0.3, 0.4) is 0 Å². The average molecular weight is 406 g/mol. The van der Waals surface area contributed by atoms with Crippen molar-refractivity contribution in [2.45, 2.75) is 26.3 Å². The van der Waals surface area contributed by atoms with Gasteiger partial charge in [0.05, 0.1) is 17.0 Å². The van der Waals surface area contributed by atoms with E-state index in [1.165, 1.54) is 0 Å². The number of hydrogen-bond donors (Lipinski definition) is 2. The number of nitrogens with zero attached hydrogens (tertiary/aromatic N) is 3. The van der Waals surface area contributed by atoms with Crippen molar-refractivity contribution in [2.75, 3.05) is 25.0 Å². The van der Waals surface area contributed by atoms with Crippen LogP contribution in [0.25, 0.3) is 11.0 Å². The van der Waals surface area contributed by atoms with E-state index in [1.54, 1.807) is 4.90 Å². The number of carbonyl (C=O) groups is 2. The van der Waals surface area contributed by atoms with Crippen molar-refractivity contribution in [3.63, 3.8) is 0 Å². The molecular formula is C23H27N5O2. The lowest BCUT2D eigenvalue weighted by Crippen LogP contribution is -2.47. The first kappa shape index (κ1) is 19.9. The third kappa shape index (κ3) is 4.45. The largest absolute Gasteiger partial charge is 0.354 e. The Labute approximate surface area is 176 Å². The van der Waals surface area contributed by atoms with Crippen LogP contribution < -0.4 is 10.6 Å². The van der Waals surface area contributed by atoms with Gasteiger partial charge in [-0.3, -0.25) is 4.79 Å². The predicted molar refractivity (Wildman–Crippen MR) is 117 cm³/mol. The van der Waals surface area contributed by atoms with Crippen molar-refractivity contribution in [2.24, 2.45) is 5.92 Å². The summed E-state index contributed by atoms with van der Waals surface area (Å²) >= 11 is 0. The van der Waals surface area contributed by atoms with Crippen LogP contribution in [0.1, 0.15) is 18.7 Å². The summed E-state index contributed by atoms with van der Waals surface area (Å²) in [6, 6.07) is 17.2. The zero-order valence-electron chi connectivity index (χ0n) is 17.2. The number of anilines is 1. The van der Waals surface area contributed by atoms with Gasteiger partial charge in [0.1, 0.15) is 5.82 Å². The van der Waals surface area contributed by atoms with Gasteiger partial charge in [0.15, 0.2) is 0 Å². The van der Waals surface area contributed by atoms with E-state index in [0.29, 0.717) is 26.2 Å². The van der Waals surface area contributed by atoms with E-state index in [2.05, 4.69) is 20.2 Å². The van der Waals surface area contributed by atoms with Gasteiger partial charge in [-0.15, -0.1) is 0 Å². The van der Waals surface area contributed by atoms with Gasteiger partial charge in [-0.05, 0) is 44.0 Å². The second-order valence-electron chi connectivity index (χ2n) is 7.67. The third-order valence-corrected chi connectivity index (χ3v) is 5.58. The van der Waals surface area contributed by atoms with Crippen molar-refractivity contribution in [3.05, 3.63) is 60.4 Å². The van der Waals surface area contributed by atoms with E-state index in [0.717, 1.165) is 35.4 Å². The molecule has 3 amide bonds. The molecule has 7 nitrogen and oxygen atoms in total. The van der Waals surface area contributed by atoms with Crippen LogP contribution in [0.5, 0.6) is 0 Å². The van der Waals surface area contributed by atoms with Gasteiger partial charge in [-0.2, -0.15) is 0 Å². The number of likely N-dealkylation sites (tertiary alicyclic amines) is 1. The van der Waals surface area contributed by atoms with Crippen molar-refractivity contribution < 1.29 is 9.59 Å². The second kappa shape index (κ2) is 8.98. The van der Waals surface area contributed by atoms with Crippen LogP contribution in [0.4, 0.5) is 10.5 Å². The molecule has 1 saturated heterocycles. The predicted octanol–water partition coefficient (Wildman–Crippen LogP) is 3.41. The molecule has 7 heteroatoms. The Morgan fingerprint density at radius 1 is 1.10 bits per heavy atom. The first-order valence-electron chi connectivity index (χ1n) is 10.4. The minimum absolute atomic E-state index is 0.00860. The summed E-state index contributed by atoms with van der Waals surface area (Å²) in [5, 5.41) is 5.95. The number of carbonyl (C=O) groups excluding carboxylic acids is 2. The normalized spacial score (nSPS) is 16.4. The summed E-state index contributed by atoms with van der Waals surface area (Å²) in [7, 11) is 0. The number of rotatable bonds is 5. The minimum Gasteiger partial charge on any atom is -0.354 e. The number of benzene rings is 2. The van der Waals surface area contributed by atoms with Crippen LogP contribution in [-0.2, 0) is 11.3 Å². The molecule has 2 N–H and O–H groups in total. The average Bonchev–Trinajstić information content (AvgIpc) is 3.09. The van der Waals surface area contributed by atoms with Gasteiger partial charge in [0, 0.05) is 31.9 Å². The molecule has 0 spiro atoms. The van der Waals surface area contributed by atoms with E-state index >= 15 is 0 Å². The molecule has 0 aliphatic carbocycles. The van der Waals surface area contributed by atoms with Crippen molar-refractivity contribution in [1.29, 1.82) is 0 Å². The Morgan fingerprint density at radius 3 is 2.70 bits per heavy atom. The van der Waals surface area contributed by atoms with Crippen molar-refractivity contribution in [3.8, 4) is 0 Å². The number of amides is 3. The monoisotopic (exact) mass is 405 g/mol. The lowest BCUT2D eigenvalue weighted by atomic mass is 9.97. The summed E-state index contributed by atoms with van der Waals surface area (Å²) in [6.07, 6.45) is 1.62. The maximum Gasteiger partial charge on any atom is 0.321 e. The zero-order chi connectivity index (χ0) is 20.9. The SMILES string of the molecule is Cc1nc2ccccc2n1CCNC(=O)[C@H]1CCCN(C(=O)Nc2ccccc2)C1. The van der Waals surface area contributed by atoms with E-state index in [4.69, 9.17) is 0 Å². The molecule has 0 radical (unpaired) electrons. The highest BCUT2D eigenvalue weighted by Gasteiger charge is 2.28. The molecule has 1 aliphatic rings. The summed E-state index contributed by atoms with van der Waals surface area (Å²) in [5.74, 6) is 0.766. The molecule has 0 unspecified atom stereocenters. The van der Waals surface area contributed by atoms with Gasteiger partial charge >= 0.3 is 6.03 Å². The summed E-state index contributed by atoms with van der Waals surface area (Å²) in [5.41, 5.74) is 2.80. The standard InChI is InChI=1S/C23H27N5O2/c1-17-25-20-11-5-6-12-21(20)28(17)15-13-24-22(29)18-8-7-14-27(16-18)23(30)26-19-9-3-2-4-10-19/h2-6,9-12,18H,7-8,13-16H2,1H3,(H,24,29)(H,26,30)/t18-/m0/s1. The maximum atomic E-state index is 12.7. The fourth-order valence-corrected chi connectivity index (χ4v) is 4.01. The van der Waals surface area contributed by atoms with Gasteiger partial charge in [0.25, 0.3) is 0 Å². The molecular weight excluding hydrogens is 378 g/mol. The molecule has 4 rings (SSSR count). The topological polar surface area (TPSA) is 79.3 Å². The Balaban J connectivity index is 1.30. The smallest absolute Gasteiger partial charge is 0.321 e. The van der Waals surface area contributed by atoms with E-state index in [-0.39, 0.29) is 17.9 Å². The van der Waals surface area contributed by atoms with Crippen LogP contribution in [0.2, 0.25) is 0 Å². The van der Waals surface area contributed by atoms with Gasteiger partial charge in [0.2, 0.25) is 5.91 Å². The first-order chi connectivity index (χ1) is 14.6. The summed E-state index contributed by atoms with van der Waals surface area (Å²) in [6.45, 7) is 4.29. The molecule has 1 atom stereocenters. The molecule has 3 aromatic rings. The Morgan fingerprint density at radius 2 is 1.87 bits per heavy atom. The molecule has 30 heavy (non-hydrogen) atoms. The maximum absolute atomic E-state index is 12.7. The number of aromatic nitrogens is 2. The van der Waals surface area contributed by atoms with Crippen LogP contribution in [0.15, 0.2) is 54.6 Å². The first-order valence-corrected chi connectivity index (χ1v) is 10.4. The quantitative estimate of drug-likeness (QED) is 0.683. The highest BCUT2D eigenvalue weighted by atomic mass is 16.2. The zero-order valence-corrected chi connectivity index (χ0v) is 17.2. The highest BCUT2D eigenvalue weighted by Crippen LogP contribution is 2.19. The molecule has 156 valence electrons. The summed E-state index contributed by atoms with van der Waals surface area (Å²) in [4.78, 5) is 31.5. The lowest BCUT2D eigenvalue weighted by molar-refractivity contribution is -0.126. The number of nitrogens with one attached hydrogen (secondary N) is 2. The number of urea groups is 1. The van der Waals surface area contributed by atoms with Gasteiger partial charge in [-0.25, -0.2) is 9.78 Å². The molecule has 1 fully saturated rings. The molecule has 1 aliphatic heterocycles. The molecule has 0 saturated carbocycles. The van der Waals surface area contributed by atoms with Gasteiger partial charge in [-0.1, -0.05) is 30.3 Å². The Hall–Kier alpha value is -3.35. The summed E-state index contributed by atoms with van der Waals surface area (Å²) < 4.78 is 2.12. The molecule has 0 bridgehead atoms. The van der Waals surface area contributed by atoms with Crippen LogP contribution in [-0.4, -0.2) is 46.0 Å². The molecule has 2 aromatic carbocycles. The number of imidazole rings is 1. The number of aryl methyl sites for hydroxylation is 1. The van der Waals surface area contributed by atoms with Crippen LogP contribution >= 0.6 is 0 Å². The van der Waals surface area contributed by atoms with Crippen molar-refractivity contribution in [1.82, 2.24) is 19.8 Å². The Kier molecular flexibility index (Phi) is 5.97. The minimum atomic E-state index is -0.180. The van der Waals surface area contributed by atoms with Gasteiger partial charge < -0.3 is 20.1 Å². The van der Waals surface area contributed by atoms with E-state index in [1.807, 2.05) is 61.5 Å². The van der Waals surface area contributed by atoms with Crippen LogP contribution in [0, 0.1) is 12.8 Å². The second-order valence-corrected chi connectivity index (χ2v) is 7.67. The number of hydrogen-bond acceptors (Lipinski definition) is 3.